The highest BCUT2D eigenvalue weighted by molar-refractivity contribution is 6.36. The Balaban J connectivity index is 2.00. The largest absolute Gasteiger partial charge is 0.350 e. The third kappa shape index (κ3) is 4.59. The average molecular weight is 405 g/mol. The molecule has 3 rings (SSSR count). The van der Waals surface area contributed by atoms with Gasteiger partial charge in [-0.25, -0.2) is 0 Å². The highest BCUT2D eigenvalue weighted by Gasteiger charge is 2.39. The summed E-state index contributed by atoms with van der Waals surface area (Å²) in [5.41, 5.74) is 3.82. The number of imide groups is 1. The Labute approximate surface area is 177 Å². The quantitative estimate of drug-likeness (QED) is 0.681. The van der Waals surface area contributed by atoms with Crippen LogP contribution in [-0.4, -0.2) is 29.2 Å². The third-order valence-corrected chi connectivity index (χ3v) is 4.84. The number of carbonyl (C=O) groups is 3. The number of carbonyl (C=O) groups excluding carboxylic acids is 3. The van der Waals surface area contributed by atoms with Gasteiger partial charge in [-0.2, -0.15) is 0 Å². The van der Waals surface area contributed by atoms with Gasteiger partial charge in [0.1, 0.15) is 5.70 Å². The van der Waals surface area contributed by atoms with Crippen molar-refractivity contribution in [3.05, 3.63) is 65.4 Å². The lowest BCUT2D eigenvalue weighted by Crippen LogP contribution is -2.35. The van der Waals surface area contributed by atoms with E-state index in [0.717, 1.165) is 12.1 Å². The van der Waals surface area contributed by atoms with Crippen LogP contribution >= 0.6 is 0 Å². The second-order valence-electron chi connectivity index (χ2n) is 7.80. The number of rotatable bonds is 7. The molecule has 2 aromatic carbocycles. The van der Waals surface area contributed by atoms with Crippen molar-refractivity contribution in [1.82, 2.24) is 4.90 Å². The van der Waals surface area contributed by atoms with Crippen molar-refractivity contribution in [3.8, 4) is 0 Å². The Hall–Kier alpha value is -3.41. The van der Waals surface area contributed by atoms with Crippen LogP contribution in [0.15, 0.2) is 54.2 Å². The van der Waals surface area contributed by atoms with E-state index in [1.807, 2.05) is 38.1 Å². The van der Waals surface area contributed by atoms with E-state index in [1.165, 1.54) is 17.4 Å². The number of nitrogens with one attached hydrogen (secondary N) is 2. The minimum atomic E-state index is -0.325. The molecule has 0 spiro atoms. The summed E-state index contributed by atoms with van der Waals surface area (Å²) in [5.74, 6) is -0.651. The van der Waals surface area contributed by atoms with E-state index in [2.05, 4.69) is 17.6 Å². The van der Waals surface area contributed by atoms with Gasteiger partial charge in [-0.15, -0.1) is 0 Å². The van der Waals surface area contributed by atoms with E-state index in [-0.39, 0.29) is 29.3 Å². The third-order valence-electron chi connectivity index (χ3n) is 4.84. The fraction of sp³-hybridized carbons (Fsp3) is 0.292. The number of aryl methyl sites for hydroxylation is 1. The zero-order chi connectivity index (χ0) is 21.8. The van der Waals surface area contributed by atoms with Crippen LogP contribution in [-0.2, 0) is 20.8 Å². The lowest BCUT2D eigenvalue weighted by molar-refractivity contribution is -0.137. The molecule has 6 heteroatoms. The molecule has 156 valence electrons. The van der Waals surface area contributed by atoms with Crippen LogP contribution in [0.2, 0.25) is 0 Å². The molecule has 0 saturated carbocycles. The van der Waals surface area contributed by atoms with Gasteiger partial charge in [0.2, 0.25) is 5.91 Å². The van der Waals surface area contributed by atoms with Crippen LogP contribution < -0.4 is 10.6 Å². The van der Waals surface area contributed by atoms with E-state index in [0.29, 0.717) is 23.4 Å². The SMILES string of the molecule is CCc1ccc(NC2=C(c3ccc(NC(C)=O)cc3)C(=O)N(CC(C)C)C2=O)cc1. The molecule has 0 unspecified atom stereocenters. The zero-order valence-corrected chi connectivity index (χ0v) is 17.8. The van der Waals surface area contributed by atoms with Crippen LogP contribution in [0.25, 0.3) is 5.57 Å². The first-order chi connectivity index (χ1) is 14.3. The molecule has 30 heavy (non-hydrogen) atoms. The van der Waals surface area contributed by atoms with E-state index in [9.17, 15) is 14.4 Å². The summed E-state index contributed by atoms with van der Waals surface area (Å²) >= 11 is 0. The Morgan fingerprint density at radius 3 is 2.07 bits per heavy atom. The molecule has 3 amide bonds. The van der Waals surface area contributed by atoms with Gasteiger partial charge in [0, 0.05) is 24.8 Å². The van der Waals surface area contributed by atoms with Gasteiger partial charge >= 0.3 is 0 Å². The molecule has 0 aliphatic carbocycles. The molecular formula is C24H27N3O3. The van der Waals surface area contributed by atoms with E-state index in [4.69, 9.17) is 0 Å². The van der Waals surface area contributed by atoms with Crippen LogP contribution in [0.3, 0.4) is 0 Å². The molecule has 0 atom stereocenters. The zero-order valence-electron chi connectivity index (χ0n) is 17.8. The topological polar surface area (TPSA) is 78.5 Å². The summed E-state index contributed by atoms with van der Waals surface area (Å²) in [4.78, 5) is 38.8. The van der Waals surface area contributed by atoms with Gasteiger partial charge in [-0.1, -0.05) is 45.0 Å². The molecule has 1 aliphatic heterocycles. The number of amides is 3. The van der Waals surface area contributed by atoms with Crippen LogP contribution in [0.4, 0.5) is 11.4 Å². The van der Waals surface area contributed by atoms with E-state index < -0.39 is 0 Å². The standard InChI is InChI=1S/C24H27N3O3/c1-5-17-6-10-20(11-7-17)26-22-21(23(29)27(24(22)30)14-15(2)3)18-8-12-19(13-9-18)25-16(4)28/h6-13,15,26H,5,14H2,1-4H3,(H,25,28). The summed E-state index contributed by atoms with van der Waals surface area (Å²) in [6, 6.07) is 14.7. The first kappa shape index (κ1) is 21.3. The van der Waals surface area contributed by atoms with Crippen molar-refractivity contribution in [3.63, 3.8) is 0 Å². The van der Waals surface area contributed by atoms with Gasteiger partial charge in [0.25, 0.3) is 11.8 Å². The first-order valence-electron chi connectivity index (χ1n) is 10.1. The number of benzene rings is 2. The van der Waals surface area contributed by atoms with Gasteiger partial charge in [-0.3, -0.25) is 19.3 Å². The Morgan fingerprint density at radius 2 is 1.53 bits per heavy atom. The highest BCUT2D eigenvalue weighted by Crippen LogP contribution is 2.31. The minimum absolute atomic E-state index is 0.157. The van der Waals surface area contributed by atoms with Crippen molar-refractivity contribution in [2.75, 3.05) is 17.2 Å². The van der Waals surface area contributed by atoms with Crippen molar-refractivity contribution in [1.29, 1.82) is 0 Å². The molecule has 0 fully saturated rings. The number of hydrogen-bond donors (Lipinski definition) is 2. The van der Waals surface area contributed by atoms with E-state index >= 15 is 0 Å². The Morgan fingerprint density at radius 1 is 0.933 bits per heavy atom. The number of hydrogen-bond acceptors (Lipinski definition) is 4. The van der Waals surface area contributed by atoms with Gasteiger partial charge in [0.05, 0.1) is 5.57 Å². The van der Waals surface area contributed by atoms with Gasteiger partial charge in [0.15, 0.2) is 0 Å². The molecular weight excluding hydrogens is 378 g/mol. The fourth-order valence-electron chi connectivity index (χ4n) is 3.38. The fourth-order valence-corrected chi connectivity index (χ4v) is 3.38. The van der Waals surface area contributed by atoms with E-state index in [1.54, 1.807) is 24.3 Å². The maximum atomic E-state index is 13.2. The molecule has 6 nitrogen and oxygen atoms in total. The van der Waals surface area contributed by atoms with Gasteiger partial charge in [-0.05, 0) is 47.7 Å². The maximum absolute atomic E-state index is 13.2. The predicted octanol–water partition coefficient (Wildman–Crippen LogP) is 4.06. The van der Waals surface area contributed by atoms with Gasteiger partial charge < -0.3 is 10.6 Å². The first-order valence-corrected chi connectivity index (χ1v) is 10.1. The van der Waals surface area contributed by atoms with Crippen molar-refractivity contribution < 1.29 is 14.4 Å². The molecule has 0 bridgehead atoms. The predicted molar refractivity (Wildman–Crippen MR) is 119 cm³/mol. The summed E-state index contributed by atoms with van der Waals surface area (Å²) in [6.07, 6.45) is 0.925. The second-order valence-corrected chi connectivity index (χ2v) is 7.80. The lowest BCUT2D eigenvalue weighted by Gasteiger charge is -2.17. The Kier molecular flexibility index (Phi) is 6.35. The normalized spacial score (nSPS) is 14.0. The average Bonchev–Trinajstić information content (AvgIpc) is 2.93. The van der Waals surface area contributed by atoms with Crippen LogP contribution in [0.5, 0.6) is 0 Å². The summed E-state index contributed by atoms with van der Waals surface area (Å²) in [7, 11) is 0. The number of anilines is 2. The van der Waals surface area contributed by atoms with Crippen molar-refractivity contribution >= 4 is 34.7 Å². The molecule has 0 aromatic heterocycles. The highest BCUT2D eigenvalue weighted by atomic mass is 16.2. The molecule has 1 heterocycles. The number of nitrogens with zero attached hydrogens (tertiary/aromatic N) is 1. The summed E-state index contributed by atoms with van der Waals surface area (Å²) in [5, 5.41) is 5.88. The molecule has 2 N–H and O–H groups in total. The summed E-state index contributed by atoms with van der Waals surface area (Å²) < 4.78 is 0. The smallest absolute Gasteiger partial charge is 0.278 e. The molecule has 2 aromatic rings. The van der Waals surface area contributed by atoms with Crippen LogP contribution in [0, 0.1) is 5.92 Å². The van der Waals surface area contributed by atoms with Crippen molar-refractivity contribution in [2.45, 2.75) is 34.1 Å². The maximum Gasteiger partial charge on any atom is 0.278 e. The second kappa shape index (κ2) is 8.95. The Bertz CT molecular complexity index is 989. The minimum Gasteiger partial charge on any atom is -0.350 e. The lowest BCUT2D eigenvalue weighted by atomic mass is 10.0. The summed E-state index contributed by atoms with van der Waals surface area (Å²) in [6.45, 7) is 7.81. The van der Waals surface area contributed by atoms with Crippen LogP contribution in [0.1, 0.15) is 38.8 Å². The van der Waals surface area contributed by atoms with Crippen molar-refractivity contribution in [2.24, 2.45) is 5.92 Å². The molecule has 1 aliphatic rings. The molecule has 0 radical (unpaired) electrons. The molecule has 0 saturated heterocycles. The monoisotopic (exact) mass is 405 g/mol.